The molecule has 0 saturated heterocycles. The first-order valence-corrected chi connectivity index (χ1v) is 5.92. The first-order chi connectivity index (χ1) is 9.77. The van der Waals surface area contributed by atoms with Crippen molar-refractivity contribution in [2.75, 3.05) is 27.3 Å². The van der Waals surface area contributed by atoms with Crippen LogP contribution in [0.25, 0.3) is 0 Å². The van der Waals surface area contributed by atoms with Gasteiger partial charge in [0.05, 0.1) is 23.8 Å². The van der Waals surface area contributed by atoms with E-state index < -0.39 is 40.7 Å². The number of benzene rings is 1. The maximum absolute atomic E-state index is 13.2. The second-order valence-electron chi connectivity index (χ2n) is 4.41. The number of carboxylic acid groups (broad SMARTS) is 1. The maximum atomic E-state index is 13.2. The van der Waals surface area contributed by atoms with Crippen LogP contribution in [0.3, 0.4) is 0 Å². The third kappa shape index (κ3) is 4.20. The quantitative estimate of drug-likeness (QED) is 0.809. The molecule has 0 saturated carbocycles. The van der Waals surface area contributed by atoms with Gasteiger partial charge in [0.15, 0.2) is 11.6 Å². The summed E-state index contributed by atoms with van der Waals surface area (Å²) in [5.74, 6) is -5.08. The Bertz CT molecular complexity index is 550. The van der Waals surface area contributed by atoms with Gasteiger partial charge in [0.2, 0.25) is 0 Å². The smallest absolute Gasteiger partial charge is 0.336 e. The van der Waals surface area contributed by atoms with Crippen LogP contribution >= 0.6 is 0 Å². The van der Waals surface area contributed by atoms with Crippen molar-refractivity contribution >= 4 is 11.9 Å². The molecule has 116 valence electrons. The van der Waals surface area contributed by atoms with Crippen molar-refractivity contribution in [3.05, 3.63) is 34.9 Å². The molecule has 1 aromatic carbocycles. The van der Waals surface area contributed by atoms with E-state index in [1.807, 2.05) is 0 Å². The molecule has 8 heteroatoms. The van der Waals surface area contributed by atoms with Crippen LogP contribution in [-0.4, -0.2) is 60.4 Å². The van der Waals surface area contributed by atoms with E-state index in [2.05, 4.69) is 0 Å². The zero-order valence-corrected chi connectivity index (χ0v) is 11.5. The number of hydrogen-bond donors (Lipinski definition) is 2. The number of carbonyl (C=O) groups is 2. The molecule has 6 nitrogen and oxygen atoms in total. The molecule has 0 aromatic heterocycles. The Kier molecular flexibility index (Phi) is 5.74. The van der Waals surface area contributed by atoms with Crippen molar-refractivity contribution in [3.8, 4) is 0 Å². The molecule has 0 aliphatic rings. The third-order valence-corrected chi connectivity index (χ3v) is 2.71. The highest BCUT2D eigenvalue weighted by Crippen LogP contribution is 2.17. The number of aromatic carboxylic acids is 1. The number of methoxy groups -OCH3 is 1. The number of rotatable bonds is 6. The van der Waals surface area contributed by atoms with E-state index in [-0.39, 0.29) is 13.2 Å². The minimum absolute atomic E-state index is 0.0266. The van der Waals surface area contributed by atoms with Crippen LogP contribution in [0.5, 0.6) is 0 Å². The Morgan fingerprint density at radius 3 is 2.29 bits per heavy atom. The number of ether oxygens (including phenoxy) is 1. The lowest BCUT2D eigenvalue weighted by Crippen LogP contribution is -2.37. The van der Waals surface area contributed by atoms with E-state index in [4.69, 9.17) is 9.84 Å². The minimum Gasteiger partial charge on any atom is -0.478 e. The molecule has 0 fully saturated rings. The Labute approximate surface area is 119 Å². The number of halogens is 2. The van der Waals surface area contributed by atoms with Gasteiger partial charge in [-0.2, -0.15) is 0 Å². The van der Waals surface area contributed by atoms with E-state index in [0.717, 1.165) is 4.90 Å². The second kappa shape index (κ2) is 7.09. The zero-order chi connectivity index (χ0) is 16.2. The average molecular weight is 303 g/mol. The molecule has 1 amide bonds. The van der Waals surface area contributed by atoms with Gasteiger partial charge in [-0.15, -0.1) is 0 Å². The van der Waals surface area contributed by atoms with Crippen molar-refractivity contribution in [2.24, 2.45) is 0 Å². The summed E-state index contributed by atoms with van der Waals surface area (Å²) in [5, 5.41) is 18.5. The summed E-state index contributed by atoms with van der Waals surface area (Å²) in [5.41, 5.74) is -1.14. The highest BCUT2D eigenvalue weighted by molar-refractivity contribution is 6.04. The molecule has 21 heavy (non-hydrogen) atoms. The molecular formula is C13H15F2NO5. The molecule has 0 heterocycles. The number of aliphatic hydroxyl groups excluding tert-OH is 1. The highest BCUT2D eigenvalue weighted by Gasteiger charge is 2.23. The fourth-order valence-electron chi connectivity index (χ4n) is 1.75. The maximum Gasteiger partial charge on any atom is 0.336 e. The number of carbonyl (C=O) groups excluding carboxylic acids is 1. The van der Waals surface area contributed by atoms with Crippen LogP contribution in [0.15, 0.2) is 12.1 Å². The van der Waals surface area contributed by atoms with Crippen LogP contribution in [-0.2, 0) is 4.74 Å². The number of amides is 1. The Morgan fingerprint density at radius 1 is 1.29 bits per heavy atom. The van der Waals surface area contributed by atoms with E-state index in [1.165, 1.54) is 14.2 Å². The van der Waals surface area contributed by atoms with E-state index in [1.54, 1.807) is 0 Å². The van der Waals surface area contributed by atoms with Gasteiger partial charge in [-0.3, -0.25) is 4.79 Å². The summed E-state index contributed by atoms with van der Waals surface area (Å²) < 4.78 is 31.0. The normalized spacial score (nSPS) is 12.0. The van der Waals surface area contributed by atoms with E-state index in [0.29, 0.717) is 12.1 Å². The van der Waals surface area contributed by atoms with Crippen LogP contribution in [0.2, 0.25) is 0 Å². The molecule has 0 aliphatic carbocycles. The van der Waals surface area contributed by atoms with E-state index in [9.17, 15) is 23.5 Å². The molecule has 0 bridgehead atoms. The first kappa shape index (κ1) is 17.0. The lowest BCUT2D eigenvalue weighted by molar-refractivity contribution is 0.0378. The number of likely N-dealkylation sites (N-methyl/N-ethyl adjacent to an activating group) is 1. The summed E-state index contributed by atoms with van der Waals surface area (Å²) in [6.07, 6.45) is -0.984. The molecule has 0 spiro atoms. The fourth-order valence-corrected chi connectivity index (χ4v) is 1.75. The van der Waals surface area contributed by atoms with Gasteiger partial charge in [0.1, 0.15) is 0 Å². The molecular weight excluding hydrogens is 288 g/mol. The van der Waals surface area contributed by atoms with Crippen LogP contribution < -0.4 is 0 Å². The van der Waals surface area contributed by atoms with E-state index >= 15 is 0 Å². The molecule has 1 rings (SSSR count). The largest absolute Gasteiger partial charge is 0.478 e. The molecule has 1 atom stereocenters. The summed E-state index contributed by atoms with van der Waals surface area (Å²) in [4.78, 5) is 24.1. The topological polar surface area (TPSA) is 87.1 Å². The van der Waals surface area contributed by atoms with Gasteiger partial charge in [-0.1, -0.05) is 0 Å². The Hall–Kier alpha value is -2.06. The van der Waals surface area contributed by atoms with Gasteiger partial charge in [-0.05, 0) is 12.1 Å². The third-order valence-electron chi connectivity index (χ3n) is 2.71. The van der Waals surface area contributed by atoms with Gasteiger partial charge >= 0.3 is 5.97 Å². The Morgan fingerprint density at radius 2 is 1.81 bits per heavy atom. The van der Waals surface area contributed by atoms with Crippen LogP contribution in [0.4, 0.5) is 8.78 Å². The zero-order valence-electron chi connectivity index (χ0n) is 11.5. The van der Waals surface area contributed by atoms with Crippen LogP contribution in [0.1, 0.15) is 20.7 Å². The minimum atomic E-state index is -1.55. The molecule has 0 aliphatic heterocycles. The van der Waals surface area contributed by atoms with Crippen molar-refractivity contribution in [1.82, 2.24) is 4.90 Å². The monoisotopic (exact) mass is 303 g/mol. The first-order valence-electron chi connectivity index (χ1n) is 5.92. The molecule has 1 aromatic rings. The number of aliphatic hydroxyl groups is 1. The SMILES string of the molecule is COCC(O)CN(C)C(=O)c1cc(F)c(F)cc1C(=O)O. The highest BCUT2D eigenvalue weighted by atomic mass is 19.2. The average Bonchev–Trinajstić information content (AvgIpc) is 2.40. The van der Waals surface area contributed by atoms with Crippen molar-refractivity contribution < 1.29 is 33.3 Å². The summed E-state index contributed by atoms with van der Waals surface area (Å²) >= 11 is 0. The standard InChI is InChI=1S/C13H15F2NO5/c1-16(5-7(17)6-21-2)12(18)8-3-10(14)11(15)4-9(8)13(19)20/h3-4,7,17H,5-6H2,1-2H3,(H,19,20). The second-order valence-corrected chi connectivity index (χ2v) is 4.41. The van der Waals surface area contributed by atoms with Crippen molar-refractivity contribution in [1.29, 1.82) is 0 Å². The van der Waals surface area contributed by atoms with Crippen molar-refractivity contribution in [3.63, 3.8) is 0 Å². The van der Waals surface area contributed by atoms with Crippen molar-refractivity contribution in [2.45, 2.75) is 6.10 Å². The lowest BCUT2D eigenvalue weighted by Gasteiger charge is -2.21. The molecule has 0 radical (unpaired) electrons. The molecule has 2 N–H and O–H groups in total. The van der Waals surface area contributed by atoms with Gasteiger partial charge in [0.25, 0.3) is 5.91 Å². The summed E-state index contributed by atoms with van der Waals surface area (Å²) in [7, 11) is 2.66. The van der Waals surface area contributed by atoms with Gasteiger partial charge in [-0.25, -0.2) is 13.6 Å². The number of hydrogen-bond acceptors (Lipinski definition) is 4. The lowest BCUT2D eigenvalue weighted by atomic mass is 10.1. The predicted molar refractivity (Wildman–Crippen MR) is 68.2 cm³/mol. The van der Waals surface area contributed by atoms with Crippen LogP contribution in [0, 0.1) is 11.6 Å². The number of carboxylic acids is 1. The Balaban J connectivity index is 3.06. The predicted octanol–water partition coefficient (Wildman–Crippen LogP) is 0.742. The summed E-state index contributed by atoms with van der Waals surface area (Å²) in [6.45, 7) is -0.175. The van der Waals surface area contributed by atoms with Gasteiger partial charge in [0, 0.05) is 20.7 Å². The van der Waals surface area contributed by atoms with Gasteiger partial charge < -0.3 is 19.8 Å². The molecule has 1 unspecified atom stereocenters. The fraction of sp³-hybridized carbons (Fsp3) is 0.385. The summed E-state index contributed by atoms with van der Waals surface area (Å²) in [6, 6.07) is 0.977. The number of nitrogens with zero attached hydrogens (tertiary/aromatic N) is 1.